The highest BCUT2D eigenvalue weighted by Crippen LogP contribution is 2.31. The lowest BCUT2D eigenvalue weighted by Gasteiger charge is -2.33. The predicted octanol–water partition coefficient (Wildman–Crippen LogP) is 3.16. The smallest absolute Gasteiger partial charge is 0.226 e. The van der Waals surface area contributed by atoms with Crippen LogP contribution in [0.5, 0.6) is 5.75 Å². The number of nitrogens with zero attached hydrogens (tertiary/aromatic N) is 6. The topological polar surface area (TPSA) is 91.3 Å². The van der Waals surface area contributed by atoms with Crippen molar-refractivity contribution in [2.45, 2.75) is 26.0 Å². The van der Waals surface area contributed by atoms with Gasteiger partial charge in [0.05, 0.1) is 30.5 Å². The van der Waals surface area contributed by atoms with Gasteiger partial charge in [0.25, 0.3) is 0 Å². The van der Waals surface area contributed by atoms with E-state index in [-0.39, 0.29) is 6.10 Å². The van der Waals surface area contributed by atoms with E-state index in [9.17, 15) is 0 Å². The number of morpholine rings is 1. The Morgan fingerprint density at radius 3 is 3.00 bits per heavy atom. The summed E-state index contributed by atoms with van der Waals surface area (Å²) in [7, 11) is 3.76. The van der Waals surface area contributed by atoms with Crippen molar-refractivity contribution in [2.75, 3.05) is 26.8 Å². The lowest BCUT2D eigenvalue weighted by molar-refractivity contribution is -0.0346. The molecule has 4 aromatic rings. The van der Waals surface area contributed by atoms with E-state index in [0.29, 0.717) is 24.7 Å². The van der Waals surface area contributed by atoms with E-state index in [2.05, 4.69) is 55.0 Å². The van der Waals surface area contributed by atoms with Gasteiger partial charge in [0.1, 0.15) is 18.2 Å². The molecule has 1 aliphatic heterocycles. The number of fused-ring (bicyclic) bond motifs is 1. The summed E-state index contributed by atoms with van der Waals surface area (Å²) in [5, 5.41) is 5.34. The Bertz CT molecular complexity index is 1230. The number of rotatable bonds is 6. The minimum Gasteiger partial charge on any atom is -0.497 e. The second-order valence-electron chi connectivity index (χ2n) is 7.93. The molecule has 1 fully saturated rings. The van der Waals surface area contributed by atoms with Crippen LogP contribution in [0, 0.1) is 0 Å². The van der Waals surface area contributed by atoms with Crippen molar-refractivity contribution < 1.29 is 14.0 Å². The molecule has 0 saturated carbocycles. The third-order valence-corrected chi connectivity index (χ3v) is 5.88. The van der Waals surface area contributed by atoms with E-state index in [1.807, 2.05) is 13.0 Å². The van der Waals surface area contributed by atoms with Crippen LogP contribution >= 0.6 is 0 Å². The minimum absolute atomic E-state index is 0.194. The standard InChI is InChI=1S/C23H26N6O3/c1-4-21-26-23(27-32-21)18-10-24-14-25-22(18)20-13-29(7-8-31-20)12-15-11-28(2)19-9-16(30-3)5-6-17(15)19/h5-6,9-11,14,20H,4,7-8,12-13H2,1-3H3/t20-/m0/s1. The Kier molecular flexibility index (Phi) is 5.59. The number of ether oxygens (including phenoxy) is 2. The molecule has 0 amide bonds. The van der Waals surface area contributed by atoms with Gasteiger partial charge in [-0.15, -0.1) is 0 Å². The normalized spacial score (nSPS) is 17.2. The molecule has 0 spiro atoms. The van der Waals surface area contributed by atoms with Crippen LogP contribution in [0.4, 0.5) is 0 Å². The molecule has 0 bridgehead atoms. The third kappa shape index (κ3) is 3.85. The predicted molar refractivity (Wildman–Crippen MR) is 118 cm³/mol. The highest BCUT2D eigenvalue weighted by molar-refractivity contribution is 5.85. The fraction of sp³-hybridized carbons (Fsp3) is 0.391. The summed E-state index contributed by atoms with van der Waals surface area (Å²) in [5.74, 6) is 1.95. The molecule has 32 heavy (non-hydrogen) atoms. The second-order valence-corrected chi connectivity index (χ2v) is 7.93. The van der Waals surface area contributed by atoms with Crippen LogP contribution in [0.2, 0.25) is 0 Å². The van der Waals surface area contributed by atoms with Gasteiger partial charge in [0.15, 0.2) is 0 Å². The van der Waals surface area contributed by atoms with E-state index in [0.717, 1.165) is 42.2 Å². The van der Waals surface area contributed by atoms with Crippen LogP contribution in [0.15, 0.2) is 41.4 Å². The minimum atomic E-state index is -0.194. The zero-order valence-electron chi connectivity index (χ0n) is 18.5. The molecule has 1 atom stereocenters. The Balaban J connectivity index is 1.39. The van der Waals surface area contributed by atoms with Crippen molar-refractivity contribution in [2.24, 2.45) is 7.05 Å². The molecular formula is C23H26N6O3. The fourth-order valence-corrected chi connectivity index (χ4v) is 4.23. The number of benzene rings is 1. The molecule has 0 radical (unpaired) electrons. The lowest BCUT2D eigenvalue weighted by atomic mass is 10.1. The summed E-state index contributed by atoms with van der Waals surface area (Å²) in [4.78, 5) is 15.5. The van der Waals surface area contributed by atoms with Gasteiger partial charge in [-0.1, -0.05) is 12.1 Å². The maximum absolute atomic E-state index is 6.11. The largest absolute Gasteiger partial charge is 0.497 e. The zero-order chi connectivity index (χ0) is 22.1. The highest BCUT2D eigenvalue weighted by atomic mass is 16.5. The van der Waals surface area contributed by atoms with Crippen LogP contribution in [0.1, 0.15) is 30.2 Å². The molecule has 5 rings (SSSR count). The van der Waals surface area contributed by atoms with Gasteiger partial charge in [-0.3, -0.25) is 4.90 Å². The molecule has 3 aromatic heterocycles. The number of methoxy groups -OCH3 is 1. The SMILES string of the molecule is CCc1nc(-c2cncnc2[C@@H]2CN(Cc3cn(C)c4cc(OC)ccc34)CCO2)no1. The molecular weight excluding hydrogens is 408 g/mol. The molecule has 1 aromatic carbocycles. The summed E-state index contributed by atoms with van der Waals surface area (Å²) in [6.45, 7) is 5.00. The average molecular weight is 435 g/mol. The maximum atomic E-state index is 6.11. The first-order chi connectivity index (χ1) is 15.7. The monoisotopic (exact) mass is 434 g/mol. The first-order valence-electron chi connectivity index (χ1n) is 10.7. The van der Waals surface area contributed by atoms with Gasteiger partial charge >= 0.3 is 0 Å². The number of aromatic nitrogens is 5. The molecule has 0 unspecified atom stereocenters. The Morgan fingerprint density at radius 2 is 2.19 bits per heavy atom. The molecule has 1 aliphatic rings. The van der Waals surface area contributed by atoms with Crippen molar-refractivity contribution in [3.8, 4) is 17.1 Å². The molecule has 0 N–H and O–H groups in total. The number of hydrogen-bond acceptors (Lipinski definition) is 8. The molecule has 166 valence electrons. The summed E-state index contributed by atoms with van der Waals surface area (Å²) in [6, 6.07) is 6.21. The van der Waals surface area contributed by atoms with Crippen molar-refractivity contribution in [1.29, 1.82) is 0 Å². The first-order valence-corrected chi connectivity index (χ1v) is 10.7. The third-order valence-electron chi connectivity index (χ3n) is 5.88. The van der Waals surface area contributed by atoms with Gasteiger partial charge in [0, 0.05) is 56.9 Å². The average Bonchev–Trinajstić information content (AvgIpc) is 3.44. The summed E-state index contributed by atoms with van der Waals surface area (Å²) in [5.41, 5.74) is 3.97. The number of hydrogen-bond donors (Lipinski definition) is 0. The molecule has 1 saturated heterocycles. The van der Waals surface area contributed by atoms with E-state index < -0.39 is 0 Å². The summed E-state index contributed by atoms with van der Waals surface area (Å²) in [6.07, 6.45) is 5.95. The number of aryl methyl sites for hydroxylation is 2. The van der Waals surface area contributed by atoms with Crippen molar-refractivity contribution in [1.82, 2.24) is 29.6 Å². The zero-order valence-corrected chi connectivity index (χ0v) is 18.5. The second kappa shape index (κ2) is 8.68. The summed E-state index contributed by atoms with van der Waals surface area (Å²) >= 11 is 0. The van der Waals surface area contributed by atoms with Crippen LogP contribution < -0.4 is 4.74 Å². The molecule has 9 nitrogen and oxygen atoms in total. The fourth-order valence-electron chi connectivity index (χ4n) is 4.23. The first kappa shape index (κ1) is 20.6. The van der Waals surface area contributed by atoms with E-state index >= 15 is 0 Å². The van der Waals surface area contributed by atoms with Crippen molar-refractivity contribution in [3.63, 3.8) is 0 Å². The van der Waals surface area contributed by atoms with Crippen LogP contribution in [0.3, 0.4) is 0 Å². The van der Waals surface area contributed by atoms with Gasteiger partial charge < -0.3 is 18.6 Å². The highest BCUT2D eigenvalue weighted by Gasteiger charge is 2.28. The van der Waals surface area contributed by atoms with Gasteiger partial charge in [-0.05, 0) is 17.7 Å². The van der Waals surface area contributed by atoms with Crippen LogP contribution in [0.25, 0.3) is 22.3 Å². The van der Waals surface area contributed by atoms with Gasteiger partial charge in [-0.25, -0.2) is 9.97 Å². The lowest BCUT2D eigenvalue weighted by Crippen LogP contribution is -2.38. The van der Waals surface area contributed by atoms with Crippen molar-refractivity contribution in [3.05, 3.63) is 54.1 Å². The van der Waals surface area contributed by atoms with Gasteiger partial charge in [0.2, 0.25) is 11.7 Å². The Morgan fingerprint density at radius 1 is 1.28 bits per heavy atom. The van der Waals surface area contributed by atoms with E-state index in [1.54, 1.807) is 19.6 Å². The quantitative estimate of drug-likeness (QED) is 0.457. The molecule has 0 aliphatic carbocycles. The van der Waals surface area contributed by atoms with Gasteiger partial charge in [-0.2, -0.15) is 4.98 Å². The molecule has 9 heteroatoms. The van der Waals surface area contributed by atoms with Crippen LogP contribution in [-0.4, -0.2) is 56.4 Å². The van der Waals surface area contributed by atoms with Crippen molar-refractivity contribution >= 4 is 10.9 Å². The van der Waals surface area contributed by atoms with E-state index in [1.165, 1.54) is 10.9 Å². The van der Waals surface area contributed by atoms with Crippen LogP contribution in [-0.2, 0) is 24.8 Å². The summed E-state index contributed by atoms with van der Waals surface area (Å²) < 4.78 is 18.9. The molecule has 4 heterocycles. The Hall–Kier alpha value is -3.30. The van der Waals surface area contributed by atoms with E-state index in [4.69, 9.17) is 14.0 Å². The Labute approximate surface area is 186 Å². The maximum Gasteiger partial charge on any atom is 0.226 e.